The van der Waals surface area contributed by atoms with Crippen LogP contribution in [0, 0.1) is 17.5 Å². The molecule has 0 aliphatic rings. The molecule has 2 aromatic heterocycles. The third kappa shape index (κ3) is 5.66. The lowest BCUT2D eigenvalue weighted by molar-refractivity contribution is -0.134. The fourth-order valence-electron chi connectivity index (χ4n) is 2.81. The van der Waals surface area contributed by atoms with Crippen LogP contribution >= 0.6 is 11.3 Å². The second-order valence-corrected chi connectivity index (χ2v) is 7.48. The van der Waals surface area contributed by atoms with Crippen molar-refractivity contribution in [2.75, 3.05) is 18.4 Å². The van der Waals surface area contributed by atoms with Crippen molar-refractivity contribution < 1.29 is 22.8 Å². The predicted octanol–water partition coefficient (Wildman–Crippen LogP) is 4.04. The number of amides is 2. The van der Waals surface area contributed by atoms with Gasteiger partial charge in [-0.25, -0.2) is 18.2 Å². The maximum Gasteiger partial charge on any atom is 0.244 e. The van der Waals surface area contributed by atoms with Gasteiger partial charge in [0.1, 0.15) is 5.01 Å². The smallest absolute Gasteiger partial charge is 0.244 e. The Morgan fingerprint density at radius 2 is 1.94 bits per heavy atom. The number of hydrogen-bond acceptors (Lipinski definition) is 5. The minimum absolute atomic E-state index is 0.0177. The summed E-state index contributed by atoms with van der Waals surface area (Å²) >= 11 is 1.36. The first-order chi connectivity index (χ1) is 14.9. The third-order valence-corrected chi connectivity index (χ3v) is 5.17. The highest BCUT2D eigenvalue weighted by molar-refractivity contribution is 7.13. The molecule has 162 valence electrons. The molecule has 10 heteroatoms. The van der Waals surface area contributed by atoms with E-state index in [1.54, 1.807) is 17.6 Å². The van der Waals surface area contributed by atoms with Crippen molar-refractivity contribution >= 4 is 28.8 Å². The molecule has 0 spiro atoms. The molecule has 2 amide bonds. The van der Waals surface area contributed by atoms with Crippen LogP contribution in [-0.2, 0) is 16.0 Å². The van der Waals surface area contributed by atoms with Gasteiger partial charge in [0.25, 0.3) is 0 Å². The summed E-state index contributed by atoms with van der Waals surface area (Å²) < 4.78 is 40.2. The zero-order chi connectivity index (χ0) is 22.4. The number of anilines is 1. The molecule has 3 rings (SSSR count). The van der Waals surface area contributed by atoms with E-state index in [-0.39, 0.29) is 18.9 Å². The van der Waals surface area contributed by atoms with Crippen molar-refractivity contribution in [2.45, 2.75) is 19.8 Å². The lowest BCUT2D eigenvalue weighted by atomic mass is 10.2. The Balaban J connectivity index is 1.65. The molecule has 31 heavy (non-hydrogen) atoms. The Bertz CT molecular complexity index is 1080. The van der Waals surface area contributed by atoms with Crippen molar-refractivity contribution in [1.82, 2.24) is 14.9 Å². The summed E-state index contributed by atoms with van der Waals surface area (Å²) in [5.41, 5.74) is 0.751. The quantitative estimate of drug-likeness (QED) is 0.528. The maximum atomic E-state index is 13.8. The third-order valence-electron chi connectivity index (χ3n) is 4.26. The van der Waals surface area contributed by atoms with Gasteiger partial charge in [-0.15, -0.1) is 11.3 Å². The lowest BCUT2D eigenvalue weighted by Crippen LogP contribution is -2.39. The fourth-order valence-corrected chi connectivity index (χ4v) is 3.60. The number of halogens is 3. The molecule has 0 aliphatic carbocycles. The number of rotatable bonds is 8. The van der Waals surface area contributed by atoms with E-state index < -0.39 is 29.0 Å². The van der Waals surface area contributed by atoms with Crippen LogP contribution in [0.1, 0.15) is 19.0 Å². The summed E-state index contributed by atoms with van der Waals surface area (Å²) in [5, 5.41) is 4.61. The first kappa shape index (κ1) is 22.4. The highest BCUT2D eigenvalue weighted by Crippen LogP contribution is 2.22. The highest BCUT2D eigenvalue weighted by atomic mass is 32.1. The van der Waals surface area contributed by atoms with Gasteiger partial charge in [0.2, 0.25) is 11.8 Å². The van der Waals surface area contributed by atoms with Crippen LogP contribution in [0.2, 0.25) is 0 Å². The maximum absolute atomic E-state index is 13.8. The zero-order valence-electron chi connectivity index (χ0n) is 16.6. The normalized spacial score (nSPS) is 10.7. The first-order valence-electron chi connectivity index (χ1n) is 9.46. The van der Waals surface area contributed by atoms with E-state index in [9.17, 15) is 22.8 Å². The number of benzene rings is 1. The van der Waals surface area contributed by atoms with E-state index in [2.05, 4.69) is 15.3 Å². The van der Waals surface area contributed by atoms with Crippen LogP contribution in [0.3, 0.4) is 0 Å². The molecular weight excluding hydrogens is 429 g/mol. The van der Waals surface area contributed by atoms with Crippen molar-refractivity contribution in [3.63, 3.8) is 0 Å². The monoisotopic (exact) mass is 448 g/mol. The lowest BCUT2D eigenvalue weighted by Gasteiger charge is -2.21. The molecule has 3 aromatic rings. The molecule has 0 atom stereocenters. The Morgan fingerprint density at radius 1 is 1.13 bits per heavy atom. The first-order valence-corrected chi connectivity index (χ1v) is 10.3. The Labute approximate surface area is 180 Å². The topological polar surface area (TPSA) is 75.2 Å². The van der Waals surface area contributed by atoms with E-state index in [0.717, 1.165) is 6.07 Å². The summed E-state index contributed by atoms with van der Waals surface area (Å²) in [6.07, 6.45) is 2.23. The van der Waals surface area contributed by atoms with Crippen molar-refractivity contribution in [3.8, 4) is 10.7 Å². The van der Waals surface area contributed by atoms with Crippen molar-refractivity contribution in [1.29, 1.82) is 0 Å². The van der Waals surface area contributed by atoms with Gasteiger partial charge in [0.05, 0.1) is 30.0 Å². The van der Waals surface area contributed by atoms with Gasteiger partial charge in [-0.05, 0) is 30.7 Å². The van der Waals surface area contributed by atoms with Gasteiger partial charge in [0, 0.05) is 18.1 Å². The van der Waals surface area contributed by atoms with Gasteiger partial charge in [-0.3, -0.25) is 14.6 Å². The number of aromatic nitrogens is 2. The van der Waals surface area contributed by atoms with Crippen molar-refractivity contribution in [3.05, 3.63) is 65.1 Å². The van der Waals surface area contributed by atoms with E-state index >= 15 is 0 Å². The number of pyridine rings is 1. The minimum atomic E-state index is -1.67. The molecule has 0 radical (unpaired) electrons. The number of thiazole rings is 1. The van der Waals surface area contributed by atoms with Gasteiger partial charge < -0.3 is 10.2 Å². The number of nitrogens with one attached hydrogen (secondary N) is 1. The summed E-state index contributed by atoms with van der Waals surface area (Å²) in [7, 11) is 0. The molecule has 0 aliphatic heterocycles. The van der Waals surface area contributed by atoms with Crippen LogP contribution in [0.25, 0.3) is 10.7 Å². The highest BCUT2D eigenvalue weighted by Gasteiger charge is 2.20. The van der Waals surface area contributed by atoms with Crippen LogP contribution < -0.4 is 5.32 Å². The summed E-state index contributed by atoms with van der Waals surface area (Å²) in [4.78, 5) is 35.0. The second kappa shape index (κ2) is 10.2. The average molecular weight is 448 g/mol. The number of carbonyl (C=O) groups excluding carboxylic acids is 2. The SMILES string of the molecule is CCCN(CC(=O)Nc1ccc(F)c(F)c1F)C(=O)Cc1csc(-c2ccccn2)n1. The molecule has 0 bridgehead atoms. The molecule has 2 heterocycles. The number of nitrogens with zero attached hydrogens (tertiary/aromatic N) is 3. The molecule has 0 saturated carbocycles. The predicted molar refractivity (Wildman–Crippen MR) is 111 cm³/mol. The van der Waals surface area contributed by atoms with Gasteiger partial charge in [-0.2, -0.15) is 0 Å². The molecular formula is C21H19F3N4O2S. The van der Waals surface area contributed by atoms with Crippen LogP contribution in [0.5, 0.6) is 0 Å². The summed E-state index contributed by atoms with van der Waals surface area (Å²) in [6, 6.07) is 7.08. The Hall–Kier alpha value is -3.27. The van der Waals surface area contributed by atoms with Crippen LogP contribution in [0.4, 0.5) is 18.9 Å². The molecule has 0 fully saturated rings. The van der Waals surface area contributed by atoms with Gasteiger partial charge in [-0.1, -0.05) is 13.0 Å². The van der Waals surface area contributed by atoms with Crippen molar-refractivity contribution in [2.24, 2.45) is 0 Å². The standard InChI is InChI=1S/C21H19F3N4O2S/c1-2-9-28(11-17(29)27-15-7-6-14(22)19(23)20(15)24)18(30)10-13-12-31-21(26-13)16-5-3-4-8-25-16/h3-8,12H,2,9-11H2,1H3,(H,27,29). The average Bonchev–Trinajstić information content (AvgIpc) is 3.23. The second-order valence-electron chi connectivity index (χ2n) is 6.62. The largest absolute Gasteiger partial charge is 0.333 e. The molecule has 1 aromatic carbocycles. The summed E-state index contributed by atoms with van der Waals surface area (Å²) in [6.45, 7) is 1.78. The number of hydrogen-bond donors (Lipinski definition) is 1. The fraction of sp³-hybridized carbons (Fsp3) is 0.238. The van der Waals surface area contributed by atoms with Gasteiger partial charge >= 0.3 is 0 Å². The molecule has 0 unspecified atom stereocenters. The molecule has 6 nitrogen and oxygen atoms in total. The Kier molecular flexibility index (Phi) is 7.35. The summed E-state index contributed by atoms with van der Waals surface area (Å²) in [5.74, 6) is -5.58. The van der Waals surface area contributed by atoms with Crippen LogP contribution in [0.15, 0.2) is 41.9 Å². The van der Waals surface area contributed by atoms with E-state index in [1.165, 1.54) is 16.2 Å². The molecule has 1 N–H and O–H groups in total. The van der Waals surface area contributed by atoms with Gasteiger partial charge in [0.15, 0.2) is 17.5 Å². The van der Waals surface area contributed by atoms with E-state index in [0.29, 0.717) is 35.4 Å². The van der Waals surface area contributed by atoms with E-state index in [1.807, 2.05) is 19.1 Å². The Morgan fingerprint density at radius 3 is 2.65 bits per heavy atom. The van der Waals surface area contributed by atoms with Crippen LogP contribution in [-0.4, -0.2) is 39.8 Å². The van der Waals surface area contributed by atoms with E-state index in [4.69, 9.17) is 0 Å². The molecule has 0 saturated heterocycles. The zero-order valence-corrected chi connectivity index (χ0v) is 17.4. The minimum Gasteiger partial charge on any atom is -0.333 e. The number of carbonyl (C=O) groups is 2.